The number of carbonyl (C=O) groups excluding carboxylic acids is 1. The Morgan fingerprint density at radius 3 is 2.58 bits per heavy atom. The van der Waals surface area contributed by atoms with Gasteiger partial charge < -0.3 is 14.8 Å². The van der Waals surface area contributed by atoms with Crippen molar-refractivity contribution in [3.8, 4) is 11.5 Å². The van der Waals surface area contributed by atoms with Crippen molar-refractivity contribution in [1.29, 1.82) is 0 Å². The highest BCUT2D eigenvalue weighted by Gasteiger charge is 2.14. The summed E-state index contributed by atoms with van der Waals surface area (Å²) in [6, 6.07) is 9.23. The van der Waals surface area contributed by atoms with Crippen molar-refractivity contribution in [2.45, 2.75) is 0 Å². The molecule has 0 fully saturated rings. The fourth-order valence-corrected chi connectivity index (χ4v) is 2.98. The maximum Gasteiger partial charge on any atom is 0.273 e. The molecule has 7 nitrogen and oxygen atoms in total. The molecular weight excluding hydrogens is 448 g/mol. The van der Waals surface area contributed by atoms with Gasteiger partial charge in [0.05, 0.1) is 28.3 Å². The van der Waals surface area contributed by atoms with Gasteiger partial charge in [-0.25, -0.2) is 0 Å². The number of ether oxygens (including phenoxy) is 2. The molecule has 0 heterocycles. The highest BCUT2D eigenvalue weighted by molar-refractivity contribution is 9.11. The Bertz CT molecular complexity index is 782. The molecule has 0 atom stereocenters. The van der Waals surface area contributed by atoms with Crippen LogP contribution in [-0.4, -0.2) is 24.5 Å². The third kappa shape index (κ3) is 4.68. The first-order valence-corrected chi connectivity index (χ1v) is 8.19. The second-order valence-corrected chi connectivity index (χ2v) is 6.32. The fourth-order valence-electron chi connectivity index (χ4n) is 1.82. The predicted octanol–water partition coefficient (Wildman–Crippen LogP) is 4.15. The molecule has 2 rings (SSSR count). The van der Waals surface area contributed by atoms with Crippen LogP contribution in [0.15, 0.2) is 45.3 Å². The van der Waals surface area contributed by atoms with Gasteiger partial charge in [0.15, 0.2) is 6.61 Å². The van der Waals surface area contributed by atoms with Gasteiger partial charge in [-0.05, 0) is 40.2 Å². The molecule has 126 valence electrons. The molecule has 0 saturated heterocycles. The maximum atomic E-state index is 12.0. The van der Waals surface area contributed by atoms with Crippen LogP contribution < -0.4 is 14.8 Å². The van der Waals surface area contributed by atoms with Crippen LogP contribution in [0.4, 0.5) is 11.4 Å². The zero-order valence-corrected chi connectivity index (χ0v) is 15.6. The predicted molar refractivity (Wildman–Crippen MR) is 95.6 cm³/mol. The summed E-state index contributed by atoms with van der Waals surface area (Å²) in [6.45, 7) is -0.222. The first-order valence-electron chi connectivity index (χ1n) is 6.61. The smallest absolute Gasteiger partial charge is 0.273 e. The quantitative estimate of drug-likeness (QED) is 0.517. The van der Waals surface area contributed by atoms with Crippen LogP contribution in [0.1, 0.15) is 0 Å². The molecule has 2 aromatic carbocycles. The Labute approximate surface area is 154 Å². The van der Waals surface area contributed by atoms with Gasteiger partial charge in [-0.1, -0.05) is 15.9 Å². The number of nitrogens with one attached hydrogen (secondary N) is 1. The molecule has 0 aliphatic heterocycles. The molecule has 0 bridgehead atoms. The zero-order valence-electron chi connectivity index (χ0n) is 12.4. The number of hydrogen-bond acceptors (Lipinski definition) is 5. The summed E-state index contributed by atoms with van der Waals surface area (Å²) in [4.78, 5) is 22.2. The van der Waals surface area contributed by atoms with Gasteiger partial charge in [0.25, 0.3) is 11.6 Å². The molecule has 1 amide bonds. The summed E-state index contributed by atoms with van der Waals surface area (Å²) in [5, 5.41) is 13.3. The summed E-state index contributed by atoms with van der Waals surface area (Å²) < 4.78 is 12.1. The number of benzene rings is 2. The van der Waals surface area contributed by atoms with E-state index in [9.17, 15) is 14.9 Å². The second-order valence-electron chi connectivity index (χ2n) is 4.55. The van der Waals surface area contributed by atoms with Crippen LogP contribution in [0.2, 0.25) is 0 Å². The first-order chi connectivity index (χ1) is 11.4. The summed E-state index contributed by atoms with van der Waals surface area (Å²) in [5.41, 5.74) is 0.200. The summed E-state index contributed by atoms with van der Waals surface area (Å²) in [6.07, 6.45) is 0. The fraction of sp³-hybridized carbons (Fsp3) is 0.133. The normalized spacial score (nSPS) is 10.1. The third-order valence-corrected chi connectivity index (χ3v) is 4.04. The number of anilines is 1. The van der Waals surface area contributed by atoms with E-state index in [1.165, 1.54) is 25.3 Å². The first kappa shape index (κ1) is 18.2. The lowest BCUT2D eigenvalue weighted by Crippen LogP contribution is -2.20. The van der Waals surface area contributed by atoms with E-state index in [0.29, 0.717) is 15.9 Å². The Morgan fingerprint density at radius 2 is 1.96 bits per heavy atom. The Balaban J connectivity index is 2.03. The minimum Gasteiger partial charge on any atom is -0.494 e. The number of amides is 1. The molecule has 0 aliphatic carbocycles. The molecule has 2 aromatic rings. The Kier molecular flexibility index (Phi) is 6.16. The zero-order chi connectivity index (χ0) is 17.7. The number of hydrogen-bond donors (Lipinski definition) is 1. The summed E-state index contributed by atoms with van der Waals surface area (Å²) in [7, 11) is 1.37. The number of carbonyl (C=O) groups is 1. The maximum absolute atomic E-state index is 12.0. The number of halogens is 2. The van der Waals surface area contributed by atoms with Gasteiger partial charge in [-0.15, -0.1) is 0 Å². The second kappa shape index (κ2) is 8.11. The molecule has 0 aliphatic rings. The van der Waals surface area contributed by atoms with Crippen molar-refractivity contribution in [2.24, 2.45) is 0 Å². The van der Waals surface area contributed by atoms with Crippen LogP contribution in [0.3, 0.4) is 0 Å². The van der Waals surface area contributed by atoms with Gasteiger partial charge in [0.1, 0.15) is 11.5 Å². The van der Waals surface area contributed by atoms with Crippen molar-refractivity contribution in [1.82, 2.24) is 0 Å². The lowest BCUT2D eigenvalue weighted by molar-refractivity contribution is -0.384. The van der Waals surface area contributed by atoms with E-state index in [1.54, 1.807) is 18.2 Å². The molecule has 0 radical (unpaired) electrons. The lowest BCUT2D eigenvalue weighted by atomic mass is 10.2. The largest absolute Gasteiger partial charge is 0.494 e. The summed E-state index contributed by atoms with van der Waals surface area (Å²) in [5.74, 6) is 0.295. The van der Waals surface area contributed by atoms with Crippen molar-refractivity contribution in [2.75, 3.05) is 19.0 Å². The molecular formula is C15H12Br2N2O5. The molecule has 0 unspecified atom stereocenters. The minimum atomic E-state index is -0.539. The van der Waals surface area contributed by atoms with Crippen molar-refractivity contribution in [3.05, 3.63) is 55.5 Å². The van der Waals surface area contributed by atoms with Gasteiger partial charge in [-0.3, -0.25) is 14.9 Å². The monoisotopic (exact) mass is 458 g/mol. The molecule has 1 N–H and O–H groups in total. The van der Waals surface area contributed by atoms with Gasteiger partial charge in [0, 0.05) is 10.5 Å². The van der Waals surface area contributed by atoms with Crippen molar-refractivity contribution >= 4 is 49.1 Å². The minimum absolute atomic E-state index is 0.125. The SMILES string of the molecule is COc1cc([N+](=O)[O-])ccc1NC(=O)COc1ccc(Br)cc1Br. The number of nitro groups is 1. The van der Waals surface area contributed by atoms with E-state index in [4.69, 9.17) is 9.47 Å². The lowest BCUT2D eigenvalue weighted by Gasteiger charge is -2.11. The summed E-state index contributed by atoms with van der Waals surface area (Å²) >= 11 is 6.66. The topological polar surface area (TPSA) is 90.7 Å². The van der Waals surface area contributed by atoms with E-state index in [-0.39, 0.29) is 18.0 Å². The Morgan fingerprint density at radius 1 is 1.21 bits per heavy atom. The van der Waals surface area contributed by atoms with Gasteiger partial charge in [0.2, 0.25) is 0 Å². The van der Waals surface area contributed by atoms with Crippen LogP contribution in [0.5, 0.6) is 11.5 Å². The molecule has 0 aromatic heterocycles. The van der Waals surface area contributed by atoms with Crippen LogP contribution in [0.25, 0.3) is 0 Å². The molecule has 24 heavy (non-hydrogen) atoms. The number of rotatable bonds is 6. The standard InChI is InChI=1S/C15H12Br2N2O5/c1-23-14-7-10(19(21)22)3-4-12(14)18-15(20)8-24-13-5-2-9(16)6-11(13)17/h2-7H,8H2,1H3,(H,18,20). The molecule has 9 heteroatoms. The number of nitrogens with zero attached hydrogens (tertiary/aromatic N) is 1. The van der Waals surface area contributed by atoms with E-state index >= 15 is 0 Å². The van der Waals surface area contributed by atoms with Gasteiger partial charge >= 0.3 is 0 Å². The number of non-ortho nitro benzene ring substituents is 1. The van der Waals surface area contributed by atoms with E-state index in [2.05, 4.69) is 37.2 Å². The van der Waals surface area contributed by atoms with Crippen LogP contribution >= 0.6 is 31.9 Å². The number of nitro benzene ring substituents is 1. The molecule has 0 spiro atoms. The average Bonchev–Trinajstić information content (AvgIpc) is 2.54. The van der Waals surface area contributed by atoms with E-state index < -0.39 is 10.8 Å². The van der Waals surface area contributed by atoms with Crippen LogP contribution in [0, 0.1) is 10.1 Å². The van der Waals surface area contributed by atoms with Crippen molar-refractivity contribution < 1.29 is 19.2 Å². The number of methoxy groups -OCH3 is 1. The van der Waals surface area contributed by atoms with Crippen molar-refractivity contribution in [3.63, 3.8) is 0 Å². The third-order valence-electron chi connectivity index (χ3n) is 2.92. The van der Waals surface area contributed by atoms with Crippen LogP contribution in [-0.2, 0) is 4.79 Å². The average molecular weight is 460 g/mol. The van der Waals surface area contributed by atoms with Gasteiger partial charge in [-0.2, -0.15) is 0 Å². The highest BCUT2D eigenvalue weighted by atomic mass is 79.9. The Hall–Kier alpha value is -2.13. The van der Waals surface area contributed by atoms with E-state index in [1.807, 2.05) is 0 Å². The molecule has 0 saturated carbocycles. The highest BCUT2D eigenvalue weighted by Crippen LogP contribution is 2.30. The van der Waals surface area contributed by atoms with E-state index in [0.717, 1.165) is 4.47 Å².